The molecule has 0 saturated carbocycles. The largest absolute Gasteiger partial charge is 0.395 e. The predicted octanol–water partition coefficient (Wildman–Crippen LogP) is 1.17. The maximum Gasteiger partial charge on any atom is 0.0598 e. The van der Waals surface area contributed by atoms with Crippen molar-refractivity contribution in [2.24, 2.45) is 5.92 Å². The standard InChI is InChI=1S/C17H27N3O/c21-13-16-11-17(19-18-16)15-7-4-9-20(12-15)10-8-14-5-2-1-3-6-14/h1-3,5-6,15-19,21H,4,7-13H2. The Morgan fingerprint density at radius 2 is 2.05 bits per heavy atom. The average Bonchev–Trinajstić information content (AvgIpc) is 3.03. The predicted molar refractivity (Wildman–Crippen MR) is 84.9 cm³/mol. The van der Waals surface area contributed by atoms with Crippen molar-refractivity contribution in [1.29, 1.82) is 0 Å². The highest BCUT2D eigenvalue weighted by Gasteiger charge is 2.32. The average molecular weight is 289 g/mol. The zero-order valence-electron chi connectivity index (χ0n) is 12.7. The maximum atomic E-state index is 9.23. The summed E-state index contributed by atoms with van der Waals surface area (Å²) in [5.74, 6) is 0.707. The molecule has 0 bridgehead atoms. The number of hydrazine groups is 1. The summed E-state index contributed by atoms with van der Waals surface area (Å²) in [5.41, 5.74) is 8.02. The van der Waals surface area contributed by atoms with Crippen molar-refractivity contribution in [2.75, 3.05) is 26.2 Å². The molecule has 0 aromatic heterocycles. The first kappa shape index (κ1) is 15.0. The molecule has 0 aliphatic carbocycles. The van der Waals surface area contributed by atoms with E-state index in [1.54, 1.807) is 0 Å². The summed E-state index contributed by atoms with van der Waals surface area (Å²) >= 11 is 0. The fourth-order valence-corrected chi connectivity index (χ4v) is 3.63. The monoisotopic (exact) mass is 289 g/mol. The van der Waals surface area contributed by atoms with Crippen LogP contribution in [0.2, 0.25) is 0 Å². The number of aliphatic hydroxyl groups is 1. The first-order chi connectivity index (χ1) is 10.3. The first-order valence-corrected chi connectivity index (χ1v) is 8.23. The van der Waals surface area contributed by atoms with Crippen LogP contribution in [0.5, 0.6) is 0 Å². The minimum absolute atomic E-state index is 0.230. The van der Waals surface area contributed by atoms with Gasteiger partial charge in [0.15, 0.2) is 0 Å². The lowest BCUT2D eigenvalue weighted by Crippen LogP contribution is -2.45. The van der Waals surface area contributed by atoms with E-state index in [9.17, 15) is 5.11 Å². The van der Waals surface area contributed by atoms with Gasteiger partial charge >= 0.3 is 0 Å². The van der Waals surface area contributed by atoms with Crippen molar-refractivity contribution in [3.05, 3.63) is 35.9 Å². The molecule has 21 heavy (non-hydrogen) atoms. The summed E-state index contributed by atoms with van der Waals surface area (Å²) in [5, 5.41) is 9.23. The zero-order chi connectivity index (χ0) is 14.5. The van der Waals surface area contributed by atoms with Gasteiger partial charge in [-0.2, -0.15) is 0 Å². The summed E-state index contributed by atoms with van der Waals surface area (Å²) in [7, 11) is 0. The van der Waals surface area contributed by atoms with Crippen molar-refractivity contribution >= 4 is 0 Å². The summed E-state index contributed by atoms with van der Waals surface area (Å²) in [6.07, 6.45) is 4.79. The third kappa shape index (κ3) is 4.04. The van der Waals surface area contributed by atoms with Crippen LogP contribution in [0.4, 0.5) is 0 Å². The molecule has 2 heterocycles. The van der Waals surface area contributed by atoms with E-state index < -0.39 is 0 Å². The van der Waals surface area contributed by atoms with Gasteiger partial charge in [-0.3, -0.25) is 10.9 Å². The number of benzene rings is 1. The molecule has 4 nitrogen and oxygen atoms in total. The van der Waals surface area contributed by atoms with E-state index >= 15 is 0 Å². The zero-order valence-corrected chi connectivity index (χ0v) is 12.7. The van der Waals surface area contributed by atoms with Crippen molar-refractivity contribution in [1.82, 2.24) is 15.8 Å². The van der Waals surface area contributed by atoms with Crippen LogP contribution < -0.4 is 10.9 Å². The van der Waals surface area contributed by atoms with Crippen molar-refractivity contribution in [3.63, 3.8) is 0 Å². The quantitative estimate of drug-likeness (QED) is 0.761. The maximum absolute atomic E-state index is 9.23. The highest BCUT2D eigenvalue weighted by molar-refractivity contribution is 5.14. The van der Waals surface area contributed by atoms with Crippen LogP contribution >= 0.6 is 0 Å². The molecule has 3 N–H and O–H groups in total. The third-order valence-electron chi connectivity index (χ3n) is 4.90. The Hall–Kier alpha value is -0.940. The second-order valence-corrected chi connectivity index (χ2v) is 6.45. The number of piperidine rings is 1. The van der Waals surface area contributed by atoms with E-state index in [4.69, 9.17) is 0 Å². The molecule has 1 aromatic carbocycles. The van der Waals surface area contributed by atoms with E-state index in [1.165, 1.54) is 31.5 Å². The summed E-state index contributed by atoms with van der Waals surface area (Å²) < 4.78 is 0. The molecule has 0 radical (unpaired) electrons. The van der Waals surface area contributed by atoms with Gasteiger partial charge in [-0.15, -0.1) is 0 Å². The van der Waals surface area contributed by atoms with Crippen LogP contribution in [-0.2, 0) is 6.42 Å². The summed E-state index contributed by atoms with van der Waals surface area (Å²) in [6, 6.07) is 11.5. The molecule has 4 heteroatoms. The fraction of sp³-hybridized carbons (Fsp3) is 0.647. The Bertz CT molecular complexity index is 425. The Labute approximate surface area is 127 Å². The molecule has 2 aliphatic rings. The van der Waals surface area contributed by atoms with Crippen LogP contribution in [0, 0.1) is 5.92 Å². The third-order valence-corrected chi connectivity index (χ3v) is 4.90. The van der Waals surface area contributed by atoms with Crippen LogP contribution in [-0.4, -0.2) is 48.3 Å². The van der Waals surface area contributed by atoms with Crippen molar-refractivity contribution in [2.45, 2.75) is 37.8 Å². The van der Waals surface area contributed by atoms with E-state index in [-0.39, 0.29) is 12.6 Å². The molecule has 0 amide bonds. The van der Waals surface area contributed by atoms with Gasteiger partial charge in [0.1, 0.15) is 0 Å². The number of nitrogens with one attached hydrogen (secondary N) is 2. The Balaban J connectivity index is 1.47. The van der Waals surface area contributed by atoms with Gasteiger partial charge in [-0.1, -0.05) is 30.3 Å². The Kier molecular flexibility index (Phi) is 5.25. The molecule has 1 aromatic rings. The summed E-state index contributed by atoms with van der Waals surface area (Å²) in [4.78, 5) is 2.61. The molecule has 3 rings (SSSR count). The molecule has 2 saturated heterocycles. The molecule has 3 unspecified atom stereocenters. The topological polar surface area (TPSA) is 47.5 Å². The van der Waals surface area contributed by atoms with E-state index in [1.807, 2.05) is 0 Å². The molecule has 3 atom stereocenters. The molecule has 0 spiro atoms. The molecule has 116 valence electrons. The van der Waals surface area contributed by atoms with Gasteiger partial charge in [-0.05, 0) is 43.7 Å². The normalized spacial score (nSPS) is 30.6. The number of hydrogen-bond donors (Lipinski definition) is 3. The lowest BCUT2D eigenvalue weighted by atomic mass is 9.88. The van der Waals surface area contributed by atoms with Gasteiger partial charge < -0.3 is 10.0 Å². The van der Waals surface area contributed by atoms with E-state index in [2.05, 4.69) is 46.1 Å². The van der Waals surface area contributed by atoms with Crippen molar-refractivity contribution < 1.29 is 5.11 Å². The molecular weight excluding hydrogens is 262 g/mol. The van der Waals surface area contributed by atoms with Crippen LogP contribution in [0.3, 0.4) is 0 Å². The highest BCUT2D eigenvalue weighted by Crippen LogP contribution is 2.24. The van der Waals surface area contributed by atoms with Crippen molar-refractivity contribution in [3.8, 4) is 0 Å². The number of nitrogens with zero attached hydrogens (tertiary/aromatic N) is 1. The number of hydrogen-bond acceptors (Lipinski definition) is 4. The van der Waals surface area contributed by atoms with Crippen LogP contribution in [0.15, 0.2) is 30.3 Å². The lowest BCUT2D eigenvalue weighted by molar-refractivity contribution is 0.151. The minimum atomic E-state index is 0.230. The van der Waals surface area contributed by atoms with Crippen LogP contribution in [0.1, 0.15) is 24.8 Å². The number of aliphatic hydroxyl groups excluding tert-OH is 1. The molecule has 2 aliphatic heterocycles. The fourth-order valence-electron chi connectivity index (χ4n) is 3.63. The smallest absolute Gasteiger partial charge is 0.0598 e. The first-order valence-electron chi connectivity index (χ1n) is 8.23. The van der Waals surface area contributed by atoms with Crippen LogP contribution in [0.25, 0.3) is 0 Å². The van der Waals surface area contributed by atoms with Gasteiger partial charge in [0, 0.05) is 25.2 Å². The van der Waals surface area contributed by atoms with Gasteiger partial charge in [0.2, 0.25) is 0 Å². The molecular formula is C17H27N3O. The lowest BCUT2D eigenvalue weighted by Gasteiger charge is -2.35. The highest BCUT2D eigenvalue weighted by atomic mass is 16.3. The van der Waals surface area contributed by atoms with Gasteiger partial charge in [0.25, 0.3) is 0 Å². The second-order valence-electron chi connectivity index (χ2n) is 6.45. The molecule has 2 fully saturated rings. The number of likely N-dealkylation sites (tertiary alicyclic amines) is 1. The SMILES string of the molecule is OCC1CC(C2CCCN(CCc3ccccc3)C2)NN1. The van der Waals surface area contributed by atoms with Gasteiger partial charge in [0.05, 0.1) is 6.61 Å². The van der Waals surface area contributed by atoms with E-state index in [0.29, 0.717) is 12.0 Å². The Morgan fingerprint density at radius 3 is 2.81 bits per heavy atom. The number of rotatable bonds is 5. The van der Waals surface area contributed by atoms with Gasteiger partial charge in [-0.25, -0.2) is 0 Å². The minimum Gasteiger partial charge on any atom is -0.395 e. The van der Waals surface area contributed by atoms with E-state index in [0.717, 1.165) is 19.4 Å². The Morgan fingerprint density at radius 1 is 1.19 bits per heavy atom. The second kappa shape index (κ2) is 7.36. The summed E-state index contributed by atoms with van der Waals surface area (Å²) in [6.45, 7) is 3.80.